The third-order valence-corrected chi connectivity index (χ3v) is 5.98. The van der Waals surface area contributed by atoms with Crippen molar-refractivity contribution in [1.82, 2.24) is 10.2 Å². The van der Waals surface area contributed by atoms with Crippen LogP contribution in [0.15, 0.2) is 54.6 Å². The number of rotatable bonds is 4. The van der Waals surface area contributed by atoms with Crippen LogP contribution in [-0.2, 0) is 17.8 Å². The SMILES string of the molecule is Cl.O=C(CCC1CCNCC1)N1Cc2ccccc2CC1c1ccccc1. The molecule has 4 rings (SSSR count). The van der Waals surface area contributed by atoms with Crippen LogP contribution in [-0.4, -0.2) is 23.9 Å². The number of fused-ring (bicyclic) bond motifs is 1. The van der Waals surface area contributed by atoms with Gasteiger partial charge in [-0.25, -0.2) is 0 Å². The molecule has 2 aromatic rings. The topological polar surface area (TPSA) is 32.3 Å². The number of hydrogen-bond donors (Lipinski definition) is 1. The van der Waals surface area contributed by atoms with E-state index in [0.717, 1.165) is 32.5 Å². The second kappa shape index (κ2) is 9.38. The van der Waals surface area contributed by atoms with Gasteiger partial charge in [-0.1, -0.05) is 54.6 Å². The molecule has 0 bridgehead atoms. The summed E-state index contributed by atoms with van der Waals surface area (Å²) in [6, 6.07) is 19.2. The highest BCUT2D eigenvalue weighted by atomic mass is 35.5. The second-order valence-corrected chi connectivity index (χ2v) is 7.65. The molecule has 1 atom stereocenters. The van der Waals surface area contributed by atoms with E-state index in [-0.39, 0.29) is 18.4 Å². The number of carbonyl (C=O) groups is 1. The van der Waals surface area contributed by atoms with Crippen LogP contribution in [0, 0.1) is 5.92 Å². The van der Waals surface area contributed by atoms with Crippen LogP contribution in [0.4, 0.5) is 0 Å². The van der Waals surface area contributed by atoms with E-state index in [1.54, 1.807) is 0 Å². The molecule has 4 heteroatoms. The van der Waals surface area contributed by atoms with E-state index in [0.29, 0.717) is 18.2 Å². The Bertz CT molecular complexity index is 743. The Balaban J connectivity index is 0.00000210. The van der Waals surface area contributed by atoms with Gasteiger partial charge >= 0.3 is 0 Å². The molecule has 0 aliphatic carbocycles. The summed E-state index contributed by atoms with van der Waals surface area (Å²) in [4.78, 5) is 15.3. The number of halogens is 1. The van der Waals surface area contributed by atoms with E-state index >= 15 is 0 Å². The number of nitrogens with one attached hydrogen (secondary N) is 1. The zero-order valence-electron chi connectivity index (χ0n) is 15.8. The molecule has 3 nitrogen and oxygen atoms in total. The van der Waals surface area contributed by atoms with Crippen LogP contribution < -0.4 is 5.32 Å². The quantitative estimate of drug-likeness (QED) is 0.840. The Morgan fingerprint density at radius 2 is 1.63 bits per heavy atom. The average Bonchev–Trinajstić information content (AvgIpc) is 2.72. The van der Waals surface area contributed by atoms with Gasteiger partial charge in [0.1, 0.15) is 0 Å². The maximum atomic E-state index is 13.1. The van der Waals surface area contributed by atoms with Crippen LogP contribution in [0.25, 0.3) is 0 Å². The Kier molecular flexibility index (Phi) is 6.92. The molecule has 1 unspecified atom stereocenters. The van der Waals surface area contributed by atoms with E-state index in [4.69, 9.17) is 0 Å². The summed E-state index contributed by atoms with van der Waals surface area (Å²) in [5.41, 5.74) is 3.93. The van der Waals surface area contributed by atoms with Crippen molar-refractivity contribution in [3.05, 3.63) is 71.3 Å². The molecule has 0 spiro atoms. The Hall–Kier alpha value is -1.84. The minimum atomic E-state index is 0. The molecule has 2 heterocycles. The first-order valence-corrected chi connectivity index (χ1v) is 9.93. The number of nitrogens with zero attached hydrogens (tertiary/aromatic N) is 1. The van der Waals surface area contributed by atoms with Gasteiger partial charge in [-0.05, 0) is 61.4 Å². The predicted octanol–water partition coefficient (Wildman–Crippen LogP) is 4.51. The predicted molar refractivity (Wildman–Crippen MR) is 112 cm³/mol. The van der Waals surface area contributed by atoms with Gasteiger partial charge in [0.25, 0.3) is 0 Å². The molecular weight excluding hydrogens is 356 g/mol. The molecule has 2 aliphatic heterocycles. The molecule has 1 fully saturated rings. The smallest absolute Gasteiger partial charge is 0.223 e. The molecule has 27 heavy (non-hydrogen) atoms. The van der Waals surface area contributed by atoms with Gasteiger partial charge in [-0.15, -0.1) is 12.4 Å². The molecule has 0 radical (unpaired) electrons. The van der Waals surface area contributed by atoms with E-state index in [9.17, 15) is 4.79 Å². The van der Waals surface area contributed by atoms with Gasteiger partial charge < -0.3 is 10.2 Å². The molecule has 144 valence electrons. The number of piperidine rings is 1. The third-order valence-electron chi connectivity index (χ3n) is 5.98. The van der Waals surface area contributed by atoms with Crippen molar-refractivity contribution in [2.45, 2.75) is 44.7 Å². The Morgan fingerprint density at radius 3 is 2.37 bits per heavy atom. The third kappa shape index (κ3) is 4.72. The van der Waals surface area contributed by atoms with Crippen LogP contribution in [0.2, 0.25) is 0 Å². The summed E-state index contributed by atoms with van der Waals surface area (Å²) < 4.78 is 0. The van der Waals surface area contributed by atoms with E-state index in [2.05, 4.69) is 58.7 Å². The average molecular weight is 385 g/mol. The normalized spacial score (nSPS) is 19.9. The van der Waals surface area contributed by atoms with E-state index in [1.807, 2.05) is 6.07 Å². The molecule has 0 saturated carbocycles. The lowest BCUT2D eigenvalue weighted by Gasteiger charge is -2.38. The van der Waals surface area contributed by atoms with E-state index < -0.39 is 0 Å². The maximum absolute atomic E-state index is 13.1. The van der Waals surface area contributed by atoms with Crippen molar-refractivity contribution in [3.8, 4) is 0 Å². The summed E-state index contributed by atoms with van der Waals surface area (Å²) in [6.07, 6.45) is 5.03. The first-order chi connectivity index (χ1) is 12.8. The lowest BCUT2D eigenvalue weighted by molar-refractivity contribution is -0.135. The highest BCUT2D eigenvalue weighted by Gasteiger charge is 2.30. The maximum Gasteiger partial charge on any atom is 0.223 e. The number of benzene rings is 2. The second-order valence-electron chi connectivity index (χ2n) is 7.65. The molecule has 1 N–H and O–H groups in total. The Morgan fingerprint density at radius 1 is 0.963 bits per heavy atom. The van der Waals surface area contributed by atoms with Crippen LogP contribution in [0.5, 0.6) is 0 Å². The molecule has 0 aromatic heterocycles. The number of carbonyl (C=O) groups excluding carboxylic acids is 1. The first-order valence-electron chi connectivity index (χ1n) is 9.93. The van der Waals surface area contributed by atoms with Gasteiger partial charge in [0.15, 0.2) is 0 Å². The van der Waals surface area contributed by atoms with Gasteiger partial charge in [-0.3, -0.25) is 4.79 Å². The fourth-order valence-corrected chi connectivity index (χ4v) is 4.40. The van der Waals surface area contributed by atoms with Crippen LogP contribution in [0.1, 0.15) is 48.4 Å². The van der Waals surface area contributed by atoms with Crippen molar-refractivity contribution < 1.29 is 4.79 Å². The molecule has 1 saturated heterocycles. The highest BCUT2D eigenvalue weighted by Crippen LogP contribution is 2.34. The van der Waals surface area contributed by atoms with Crippen molar-refractivity contribution >= 4 is 18.3 Å². The van der Waals surface area contributed by atoms with Gasteiger partial charge in [0.05, 0.1) is 6.04 Å². The molecular formula is C23H29ClN2O. The summed E-state index contributed by atoms with van der Waals surface area (Å²) in [6.45, 7) is 2.94. The van der Waals surface area contributed by atoms with Gasteiger partial charge in [0, 0.05) is 13.0 Å². The number of hydrogen-bond acceptors (Lipinski definition) is 2. The van der Waals surface area contributed by atoms with Crippen molar-refractivity contribution in [3.63, 3.8) is 0 Å². The Labute approximate surface area is 168 Å². The van der Waals surface area contributed by atoms with Crippen molar-refractivity contribution in [2.24, 2.45) is 5.92 Å². The van der Waals surface area contributed by atoms with Gasteiger partial charge in [0.2, 0.25) is 5.91 Å². The monoisotopic (exact) mass is 384 g/mol. The molecule has 2 aliphatic rings. The number of amides is 1. The van der Waals surface area contributed by atoms with Gasteiger partial charge in [-0.2, -0.15) is 0 Å². The minimum absolute atomic E-state index is 0. The summed E-state index contributed by atoms with van der Waals surface area (Å²) in [5, 5.41) is 3.41. The minimum Gasteiger partial charge on any atom is -0.331 e. The highest BCUT2D eigenvalue weighted by molar-refractivity contribution is 5.85. The summed E-state index contributed by atoms with van der Waals surface area (Å²) in [5.74, 6) is 1.01. The van der Waals surface area contributed by atoms with Crippen LogP contribution in [0.3, 0.4) is 0 Å². The largest absolute Gasteiger partial charge is 0.331 e. The van der Waals surface area contributed by atoms with Crippen molar-refractivity contribution in [1.29, 1.82) is 0 Å². The fourth-order valence-electron chi connectivity index (χ4n) is 4.40. The first kappa shape index (κ1) is 19.9. The standard InChI is InChI=1S/C23H28N2O.ClH/c26-23(11-10-18-12-14-24-15-13-18)25-17-21-9-5-4-8-20(21)16-22(25)19-6-2-1-3-7-19;/h1-9,18,22,24H,10-17H2;1H. The van der Waals surface area contributed by atoms with Crippen LogP contribution >= 0.6 is 12.4 Å². The lowest BCUT2D eigenvalue weighted by atomic mass is 9.88. The fraction of sp³-hybridized carbons (Fsp3) is 0.435. The van der Waals surface area contributed by atoms with E-state index in [1.165, 1.54) is 29.5 Å². The zero-order chi connectivity index (χ0) is 17.8. The summed E-state index contributed by atoms with van der Waals surface area (Å²) >= 11 is 0. The molecule has 2 aromatic carbocycles. The van der Waals surface area contributed by atoms with Crippen molar-refractivity contribution in [2.75, 3.05) is 13.1 Å². The molecule has 1 amide bonds. The summed E-state index contributed by atoms with van der Waals surface area (Å²) in [7, 11) is 0. The lowest BCUT2D eigenvalue weighted by Crippen LogP contribution is -2.39. The zero-order valence-corrected chi connectivity index (χ0v) is 16.6.